The molecule has 2 heteroatoms. The fourth-order valence-corrected chi connectivity index (χ4v) is 5.66. The van der Waals surface area contributed by atoms with Gasteiger partial charge in [-0.1, -0.05) is 141 Å². The third-order valence-corrected chi connectivity index (χ3v) is 8.05. The summed E-state index contributed by atoms with van der Waals surface area (Å²) in [5.41, 5.74) is 1.44. The molecule has 1 unspecified atom stereocenters. The van der Waals surface area contributed by atoms with Crippen LogP contribution in [0.3, 0.4) is 0 Å². The molecule has 1 atom stereocenters. The van der Waals surface area contributed by atoms with Gasteiger partial charge in [-0.3, -0.25) is 4.90 Å². The molecule has 0 bridgehead atoms. The number of likely N-dealkylation sites (tertiary alicyclic amines) is 1. The van der Waals surface area contributed by atoms with Gasteiger partial charge in [-0.25, -0.2) is 0 Å². The van der Waals surface area contributed by atoms with Crippen molar-refractivity contribution < 1.29 is 4.74 Å². The molecule has 0 saturated carbocycles. The van der Waals surface area contributed by atoms with Gasteiger partial charge in [0.1, 0.15) is 5.75 Å². The van der Waals surface area contributed by atoms with E-state index in [2.05, 4.69) is 43.1 Å². The van der Waals surface area contributed by atoms with E-state index in [1.165, 1.54) is 153 Å². The molecule has 1 aromatic rings. The van der Waals surface area contributed by atoms with Gasteiger partial charge in [-0.05, 0) is 50.6 Å². The Kier molecular flexibility index (Phi) is 18.2. The number of nitrogens with zero attached hydrogens (tertiary/aromatic N) is 1. The molecule has 1 heterocycles. The highest BCUT2D eigenvalue weighted by atomic mass is 16.5. The first-order valence-corrected chi connectivity index (χ1v) is 15.7. The molecule has 0 radical (unpaired) electrons. The van der Waals surface area contributed by atoms with E-state index in [4.69, 9.17) is 4.74 Å². The van der Waals surface area contributed by atoms with Crippen molar-refractivity contribution in [1.82, 2.24) is 4.90 Å². The van der Waals surface area contributed by atoms with Crippen molar-refractivity contribution in [2.24, 2.45) is 0 Å². The first kappa shape index (κ1) is 30.2. The molecule has 2 nitrogen and oxygen atoms in total. The molecule has 35 heavy (non-hydrogen) atoms. The van der Waals surface area contributed by atoms with Gasteiger partial charge in [0, 0.05) is 6.04 Å². The van der Waals surface area contributed by atoms with Gasteiger partial charge in [0.2, 0.25) is 0 Å². The van der Waals surface area contributed by atoms with Crippen LogP contribution in [-0.4, -0.2) is 25.1 Å². The van der Waals surface area contributed by atoms with Crippen LogP contribution in [0.25, 0.3) is 0 Å². The van der Waals surface area contributed by atoms with Crippen LogP contribution >= 0.6 is 0 Å². The summed E-state index contributed by atoms with van der Waals surface area (Å²) in [4.78, 5) is 2.47. The number of hydrogen-bond acceptors (Lipinski definition) is 2. The molecule has 0 amide bonds. The molecule has 1 saturated heterocycles. The zero-order chi connectivity index (χ0) is 24.8. The number of hydrogen-bond donors (Lipinski definition) is 0. The third-order valence-electron chi connectivity index (χ3n) is 8.05. The molecule has 0 aliphatic carbocycles. The van der Waals surface area contributed by atoms with Crippen molar-refractivity contribution in [2.45, 2.75) is 154 Å². The number of ether oxygens (including phenoxy) is 1. The van der Waals surface area contributed by atoms with E-state index < -0.39 is 0 Å². The fourth-order valence-electron chi connectivity index (χ4n) is 5.66. The van der Waals surface area contributed by atoms with Gasteiger partial charge >= 0.3 is 0 Å². The first-order valence-electron chi connectivity index (χ1n) is 15.7. The lowest BCUT2D eigenvalue weighted by Gasteiger charge is -2.20. The van der Waals surface area contributed by atoms with Crippen LogP contribution in [0.15, 0.2) is 24.3 Å². The average molecular weight is 486 g/mol. The Hall–Kier alpha value is -1.02. The summed E-state index contributed by atoms with van der Waals surface area (Å²) in [5.74, 6) is 1.03. The van der Waals surface area contributed by atoms with Gasteiger partial charge in [-0.2, -0.15) is 0 Å². The molecular weight excluding hydrogens is 426 g/mol. The van der Waals surface area contributed by atoms with E-state index >= 15 is 0 Å². The Morgan fingerprint density at radius 2 is 1.06 bits per heavy atom. The second-order valence-corrected chi connectivity index (χ2v) is 11.3. The highest BCUT2D eigenvalue weighted by molar-refractivity contribution is 5.29. The zero-order valence-electron chi connectivity index (χ0n) is 23.7. The van der Waals surface area contributed by atoms with E-state index in [9.17, 15) is 0 Å². The highest BCUT2D eigenvalue weighted by Crippen LogP contribution is 2.31. The number of benzene rings is 1. The predicted octanol–water partition coefficient (Wildman–Crippen LogP) is 10.7. The van der Waals surface area contributed by atoms with Crippen LogP contribution < -0.4 is 4.74 Å². The summed E-state index contributed by atoms with van der Waals surface area (Å²) >= 11 is 0. The van der Waals surface area contributed by atoms with Crippen LogP contribution in [-0.2, 0) is 0 Å². The Bertz CT molecular complexity index is 583. The molecule has 2 rings (SSSR count). The maximum Gasteiger partial charge on any atom is 0.119 e. The van der Waals surface area contributed by atoms with E-state index in [1.807, 2.05) is 0 Å². The Morgan fingerprint density at radius 3 is 1.46 bits per heavy atom. The minimum Gasteiger partial charge on any atom is -0.494 e. The van der Waals surface area contributed by atoms with Gasteiger partial charge in [0.25, 0.3) is 0 Å². The smallest absolute Gasteiger partial charge is 0.119 e. The monoisotopic (exact) mass is 485 g/mol. The SMILES string of the molecule is CCCCCCCCCCCCCCCCCCCCCCOc1ccc(C2CCCN2C)cc1. The summed E-state index contributed by atoms with van der Waals surface area (Å²) in [6, 6.07) is 9.46. The lowest BCUT2D eigenvalue weighted by atomic mass is 10.0. The number of rotatable bonds is 23. The standard InChI is InChI=1S/C33H59NO/c1-3-4-5-6-7-8-9-10-11-12-13-14-15-16-17-18-19-20-21-22-30-35-32-27-25-31(26-28-32)33-24-23-29-34(33)2/h25-28,33H,3-24,29-30H2,1-2H3. The topological polar surface area (TPSA) is 12.5 Å². The van der Waals surface area contributed by atoms with Crippen molar-refractivity contribution in [3.63, 3.8) is 0 Å². The molecule has 1 aliphatic rings. The second-order valence-electron chi connectivity index (χ2n) is 11.3. The molecule has 1 aromatic carbocycles. The molecule has 1 aliphatic heterocycles. The van der Waals surface area contributed by atoms with E-state index in [-0.39, 0.29) is 0 Å². The highest BCUT2D eigenvalue weighted by Gasteiger charge is 2.22. The van der Waals surface area contributed by atoms with Crippen LogP contribution in [0, 0.1) is 0 Å². The summed E-state index contributed by atoms with van der Waals surface area (Å²) in [6.07, 6.45) is 31.2. The average Bonchev–Trinajstić information content (AvgIpc) is 3.31. The van der Waals surface area contributed by atoms with Crippen LogP contribution in [0.5, 0.6) is 5.75 Å². The normalized spacial score (nSPS) is 16.2. The maximum atomic E-state index is 5.97. The predicted molar refractivity (Wildman–Crippen MR) is 155 cm³/mol. The molecule has 202 valence electrons. The first-order chi connectivity index (χ1) is 17.3. The van der Waals surface area contributed by atoms with Crippen molar-refractivity contribution in [1.29, 1.82) is 0 Å². The molecular formula is C33H59NO. The molecule has 0 spiro atoms. The van der Waals surface area contributed by atoms with Gasteiger partial charge in [0.05, 0.1) is 6.61 Å². The minimum atomic E-state index is 0.605. The van der Waals surface area contributed by atoms with Gasteiger partial charge < -0.3 is 4.74 Å². The Balaban J connectivity index is 1.27. The lowest BCUT2D eigenvalue weighted by molar-refractivity contribution is 0.302. The Labute approximate surface area is 219 Å². The van der Waals surface area contributed by atoms with Gasteiger partial charge in [-0.15, -0.1) is 0 Å². The second kappa shape index (κ2) is 21.1. The Morgan fingerprint density at radius 1 is 0.629 bits per heavy atom. The van der Waals surface area contributed by atoms with Crippen LogP contribution in [0.2, 0.25) is 0 Å². The molecule has 0 N–H and O–H groups in total. The van der Waals surface area contributed by atoms with Gasteiger partial charge in [0.15, 0.2) is 0 Å². The summed E-state index contributed by atoms with van der Waals surface area (Å²) < 4.78 is 5.97. The molecule has 0 aromatic heterocycles. The summed E-state index contributed by atoms with van der Waals surface area (Å²) in [6.45, 7) is 4.39. The third kappa shape index (κ3) is 15.0. The van der Waals surface area contributed by atoms with Crippen LogP contribution in [0.4, 0.5) is 0 Å². The minimum absolute atomic E-state index is 0.605. The van der Waals surface area contributed by atoms with Crippen molar-refractivity contribution in [3.05, 3.63) is 29.8 Å². The largest absolute Gasteiger partial charge is 0.494 e. The lowest BCUT2D eigenvalue weighted by Crippen LogP contribution is -2.17. The quantitative estimate of drug-likeness (QED) is 0.143. The summed E-state index contributed by atoms with van der Waals surface area (Å²) in [7, 11) is 2.24. The van der Waals surface area contributed by atoms with Crippen molar-refractivity contribution >= 4 is 0 Å². The maximum absolute atomic E-state index is 5.97. The summed E-state index contributed by atoms with van der Waals surface area (Å²) in [5, 5.41) is 0. The van der Waals surface area contributed by atoms with Crippen molar-refractivity contribution in [3.8, 4) is 5.75 Å². The van der Waals surface area contributed by atoms with Crippen molar-refractivity contribution in [2.75, 3.05) is 20.2 Å². The fraction of sp³-hybridized carbons (Fsp3) is 0.818. The molecule has 1 fully saturated rings. The zero-order valence-corrected chi connectivity index (χ0v) is 23.7. The van der Waals surface area contributed by atoms with E-state index in [0.717, 1.165) is 12.4 Å². The van der Waals surface area contributed by atoms with E-state index in [1.54, 1.807) is 0 Å². The number of unbranched alkanes of at least 4 members (excludes halogenated alkanes) is 19. The van der Waals surface area contributed by atoms with Crippen LogP contribution in [0.1, 0.15) is 160 Å². The van der Waals surface area contributed by atoms with E-state index in [0.29, 0.717) is 6.04 Å².